The van der Waals surface area contributed by atoms with E-state index in [-0.39, 0.29) is 5.28 Å². The molecule has 0 aliphatic carbocycles. The van der Waals surface area contributed by atoms with Gasteiger partial charge in [-0.1, -0.05) is 41.9 Å². The van der Waals surface area contributed by atoms with Crippen molar-refractivity contribution in [2.45, 2.75) is 6.92 Å². The summed E-state index contributed by atoms with van der Waals surface area (Å²) in [7, 11) is 1.99. The quantitative estimate of drug-likeness (QED) is 0.357. The van der Waals surface area contributed by atoms with Gasteiger partial charge in [0, 0.05) is 28.2 Å². The number of fused-ring (bicyclic) bond motifs is 1. The molecule has 0 amide bonds. The van der Waals surface area contributed by atoms with Gasteiger partial charge < -0.3 is 4.90 Å². The van der Waals surface area contributed by atoms with Gasteiger partial charge in [0.15, 0.2) is 0 Å². The maximum Gasteiger partial charge on any atom is 0.225 e. The van der Waals surface area contributed by atoms with Crippen LogP contribution in [-0.4, -0.2) is 17.0 Å². The molecule has 2 aromatic heterocycles. The lowest BCUT2D eigenvalue weighted by Crippen LogP contribution is -2.12. The minimum absolute atomic E-state index is 0.249. The van der Waals surface area contributed by atoms with Gasteiger partial charge in [-0.15, -0.1) is 11.3 Å². The zero-order valence-corrected chi connectivity index (χ0v) is 16.5. The van der Waals surface area contributed by atoms with Crippen LogP contribution in [0.25, 0.3) is 21.3 Å². The molecule has 130 valence electrons. The number of anilines is 2. The molecule has 0 fully saturated rings. The number of aromatic nitrogens is 2. The normalized spacial score (nSPS) is 11.1. The van der Waals surface area contributed by atoms with Gasteiger partial charge in [-0.05, 0) is 48.4 Å². The number of rotatable bonds is 3. The van der Waals surface area contributed by atoms with Gasteiger partial charge in [-0.3, -0.25) is 0 Å². The molecule has 0 saturated carbocycles. The summed E-state index contributed by atoms with van der Waals surface area (Å²) in [5.74, 6) is 0.792. The van der Waals surface area contributed by atoms with Gasteiger partial charge >= 0.3 is 0 Å². The highest BCUT2D eigenvalue weighted by Crippen LogP contribution is 2.43. The van der Waals surface area contributed by atoms with E-state index >= 15 is 0 Å². The third kappa shape index (κ3) is 3.05. The Kier molecular flexibility index (Phi) is 4.57. The Labute approximate surface area is 165 Å². The number of hydrogen-bond acceptors (Lipinski definition) is 4. The molecule has 6 heteroatoms. The van der Waals surface area contributed by atoms with Crippen molar-refractivity contribution in [3.63, 3.8) is 0 Å². The van der Waals surface area contributed by atoms with Crippen LogP contribution in [0.15, 0.2) is 54.6 Å². The second kappa shape index (κ2) is 6.88. The molecule has 0 saturated heterocycles. The molecule has 0 bridgehead atoms. The molecular weight excluding hydrogens is 385 g/mol. The number of thiophene rings is 1. The average Bonchev–Trinajstić information content (AvgIpc) is 2.97. The van der Waals surface area contributed by atoms with Gasteiger partial charge in [-0.25, -0.2) is 4.98 Å². The molecule has 2 heterocycles. The van der Waals surface area contributed by atoms with E-state index in [1.807, 2.05) is 66.5 Å². The molecule has 0 atom stereocenters. The first-order valence-electron chi connectivity index (χ1n) is 8.06. The van der Waals surface area contributed by atoms with Crippen LogP contribution in [0.3, 0.4) is 0 Å². The number of hydrogen-bond donors (Lipinski definition) is 0. The van der Waals surface area contributed by atoms with Crippen molar-refractivity contribution in [2.24, 2.45) is 0 Å². The van der Waals surface area contributed by atoms with Crippen LogP contribution < -0.4 is 4.90 Å². The molecule has 26 heavy (non-hydrogen) atoms. The predicted molar refractivity (Wildman–Crippen MR) is 112 cm³/mol. The van der Waals surface area contributed by atoms with E-state index in [9.17, 15) is 0 Å². The monoisotopic (exact) mass is 399 g/mol. The van der Waals surface area contributed by atoms with Crippen LogP contribution in [-0.2, 0) is 0 Å². The SMILES string of the molecule is Cc1sc2nc(Cl)nc(N(C)c3ccccc3)c2c1-c1ccc(Cl)cc1. The summed E-state index contributed by atoms with van der Waals surface area (Å²) >= 11 is 13.9. The molecule has 2 aromatic carbocycles. The van der Waals surface area contributed by atoms with E-state index in [1.165, 1.54) is 4.88 Å². The average molecular weight is 400 g/mol. The van der Waals surface area contributed by atoms with E-state index in [0.717, 1.165) is 32.8 Å². The van der Waals surface area contributed by atoms with Crippen molar-refractivity contribution in [1.29, 1.82) is 0 Å². The van der Waals surface area contributed by atoms with Crippen molar-refractivity contribution < 1.29 is 0 Å². The van der Waals surface area contributed by atoms with E-state index in [2.05, 4.69) is 16.9 Å². The number of aryl methyl sites for hydroxylation is 1. The fourth-order valence-electron chi connectivity index (χ4n) is 3.05. The number of para-hydroxylation sites is 1. The Morgan fingerprint density at radius 2 is 1.62 bits per heavy atom. The molecule has 4 aromatic rings. The van der Waals surface area contributed by atoms with E-state index in [1.54, 1.807) is 11.3 Å². The van der Waals surface area contributed by atoms with E-state index < -0.39 is 0 Å². The van der Waals surface area contributed by atoms with Crippen LogP contribution in [0.1, 0.15) is 4.88 Å². The van der Waals surface area contributed by atoms with Crippen molar-refractivity contribution >= 4 is 56.3 Å². The summed E-state index contributed by atoms with van der Waals surface area (Å²) in [6.45, 7) is 2.09. The minimum Gasteiger partial charge on any atom is -0.329 e. The number of halogens is 2. The fraction of sp³-hybridized carbons (Fsp3) is 0.100. The third-order valence-corrected chi connectivity index (χ3v) is 5.70. The zero-order chi connectivity index (χ0) is 18.3. The zero-order valence-electron chi connectivity index (χ0n) is 14.2. The van der Waals surface area contributed by atoms with Crippen molar-refractivity contribution in [2.75, 3.05) is 11.9 Å². The lowest BCUT2D eigenvalue weighted by atomic mass is 10.0. The van der Waals surface area contributed by atoms with Gasteiger partial charge in [0.25, 0.3) is 0 Å². The standard InChI is InChI=1S/C20H15Cl2N3S/c1-12-16(13-8-10-14(21)11-9-13)17-18(23-20(22)24-19(17)26-12)25(2)15-6-4-3-5-7-15/h3-11H,1-2H3. The Hall–Kier alpha value is -2.14. The summed E-state index contributed by atoms with van der Waals surface area (Å²) in [6.07, 6.45) is 0. The predicted octanol–water partition coefficient (Wildman–Crippen LogP) is 6.74. The molecule has 0 spiro atoms. The molecular formula is C20H15Cl2N3S. The smallest absolute Gasteiger partial charge is 0.225 e. The lowest BCUT2D eigenvalue weighted by Gasteiger charge is -2.20. The summed E-state index contributed by atoms with van der Waals surface area (Å²) in [4.78, 5) is 13.1. The van der Waals surface area contributed by atoms with Gasteiger partial charge in [0.1, 0.15) is 10.6 Å². The summed E-state index contributed by atoms with van der Waals surface area (Å²) in [5.41, 5.74) is 3.25. The molecule has 4 rings (SSSR count). The molecule has 0 N–H and O–H groups in total. The lowest BCUT2D eigenvalue weighted by molar-refractivity contribution is 1.12. The molecule has 0 radical (unpaired) electrons. The molecule has 3 nitrogen and oxygen atoms in total. The van der Waals surface area contributed by atoms with Crippen LogP contribution in [0.5, 0.6) is 0 Å². The first-order valence-corrected chi connectivity index (χ1v) is 9.63. The first kappa shape index (κ1) is 17.3. The van der Waals surface area contributed by atoms with Gasteiger partial charge in [0.05, 0.1) is 5.39 Å². The fourth-order valence-corrected chi connectivity index (χ4v) is 4.43. The molecule has 0 aliphatic heterocycles. The number of nitrogens with zero attached hydrogens (tertiary/aromatic N) is 3. The summed E-state index contributed by atoms with van der Waals surface area (Å²) < 4.78 is 0. The first-order chi connectivity index (χ1) is 12.5. The molecule has 0 aliphatic rings. The van der Waals surface area contributed by atoms with E-state index in [4.69, 9.17) is 23.2 Å². The van der Waals surface area contributed by atoms with Crippen LogP contribution in [0.4, 0.5) is 11.5 Å². The highest BCUT2D eigenvalue weighted by atomic mass is 35.5. The van der Waals surface area contributed by atoms with Crippen molar-refractivity contribution in [3.05, 3.63) is 69.8 Å². The van der Waals surface area contributed by atoms with Crippen LogP contribution in [0, 0.1) is 6.92 Å². The maximum absolute atomic E-state index is 6.22. The van der Waals surface area contributed by atoms with E-state index in [0.29, 0.717) is 5.02 Å². The minimum atomic E-state index is 0.249. The largest absolute Gasteiger partial charge is 0.329 e. The second-order valence-corrected chi connectivity index (χ2v) is 7.91. The van der Waals surface area contributed by atoms with Crippen LogP contribution >= 0.6 is 34.5 Å². The Balaban J connectivity index is 1.99. The van der Waals surface area contributed by atoms with Crippen molar-refractivity contribution in [3.8, 4) is 11.1 Å². The Morgan fingerprint density at radius 1 is 0.923 bits per heavy atom. The van der Waals surface area contributed by atoms with Gasteiger partial charge in [-0.2, -0.15) is 4.98 Å². The van der Waals surface area contributed by atoms with Gasteiger partial charge in [0.2, 0.25) is 5.28 Å². The second-order valence-electron chi connectivity index (χ2n) is 5.93. The van der Waals surface area contributed by atoms with Crippen molar-refractivity contribution in [1.82, 2.24) is 9.97 Å². The summed E-state index contributed by atoms with van der Waals surface area (Å²) in [6, 6.07) is 17.9. The Morgan fingerprint density at radius 3 is 2.31 bits per heavy atom. The van der Waals surface area contributed by atoms with Crippen LogP contribution in [0.2, 0.25) is 10.3 Å². The highest BCUT2D eigenvalue weighted by molar-refractivity contribution is 7.19. The molecule has 0 unspecified atom stereocenters. The third-order valence-electron chi connectivity index (χ3n) is 4.28. The Bertz CT molecular complexity index is 1080. The maximum atomic E-state index is 6.22. The summed E-state index contributed by atoms with van der Waals surface area (Å²) in [5, 5.41) is 1.97. The highest BCUT2D eigenvalue weighted by Gasteiger charge is 2.21. The topological polar surface area (TPSA) is 29.0 Å². The number of benzene rings is 2.